The molecule has 4 atom stereocenters. The molecule has 21 heavy (non-hydrogen) atoms. The summed E-state index contributed by atoms with van der Waals surface area (Å²) >= 11 is 0. The lowest BCUT2D eigenvalue weighted by Gasteiger charge is -2.34. The lowest BCUT2D eigenvalue weighted by molar-refractivity contribution is -0.128. The molecule has 120 valence electrons. The first-order chi connectivity index (χ1) is 10.1. The molecule has 9 heteroatoms. The van der Waals surface area contributed by atoms with Crippen molar-refractivity contribution in [3.63, 3.8) is 0 Å². The Morgan fingerprint density at radius 2 is 2.19 bits per heavy atom. The van der Waals surface area contributed by atoms with Crippen LogP contribution in [-0.4, -0.2) is 85.1 Å². The van der Waals surface area contributed by atoms with Gasteiger partial charge in [-0.15, -0.1) is 0 Å². The maximum atomic E-state index is 11.9. The molecule has 2 heterocycles. The molecule has 0 bridgehead atoms. The summed E-state index contributed by atoms with van der Waals surface area (Å²) in [5, 5.41) is 21.5. The van der Waals surface area contributed by atoms with Crippen LogP contribution in [0.3, 0.4) is 0 Å². The number of imide groups is 1. The molecular formula is C12H20N2O7. The van der Waals surface area contributed by atoms with Crippen molar-refractivity contribution in [1.82, 2.24) is 10.2 Å². The number of ether oxygens (including phenoxy) is 3. The molecule has 0 aliphatic carbocycles. The first-order valence-corrected chi connectivity index (χ1v) is 6.74. The van der Waals surface area contributed by atoms with Crippen molar-refractivity contribution in [2.24, 2.45) is 0 Å². The van der Waals surface area contributed by atoms with Crippen LogP contribution in [0.25, 0.3) is 0 Å². The van der Waals surface area contributed by atoms with Gasteiger partial charge in [-0.25, -0.2) is 4.79 Å². The Labute approximate surface area is 121 Å². The van der Waals surface area contributed by atoms with Gasteiger partial charge in [0.15, 0.2) is 6.23 Å². The molecule has 0 aromatic carbocycles. The highest BCUT2D eigenvalue weighted by Crippen LogP contribution is 2.27. The van der Waals surface area contributed by atoms with E-state index in [1.807, 2.05) is 0 Å². The van der Waals surface area contributed by atoms with Crippen LogP contribution in [0.2, 0.25) is 0 Å². The van der Waals surface area contributed by atoms with Gasteiger partial charge in [-0.2, -0.15) is 0 Å². The summed E-state index contributed by atoms with van der Waals surface area (Å²) < 4.78 is 15.9. The number of nitrogens with zero attached hydrogens (tertiary/aromatic N) is 1. The van der Waals surface area contributed by atoms with E-state index >= 15 is 0 Å². The maximum absolute atomic E-state index is 11.9. The van der Waals surface area contributed by atoms with Crippen LogP contribution >= 0.6 is 0 Å². The fourth-order valence-corrected chi connectivity index (χ4v) is 2.39. The Kier molecular flexibility index (Phi) is 5.48. The van der Waals surface area contributed by atoms with Crippen molar-refractivity contribution in [3.05, 3.63) is 0 Å². The molecule has 2 aliphatic rings. The van der Waals surface area contributed by atoms with Crippen LogP contribution in [0.1, 0.15) is 6.42 Å². The Hall–Kier alpha value is -1.26. The van der Waals surface area contributed by atoms with E-state index in [1.165, 1.54) is 12.0 Å². The van der Waals surface area contributed by atoms with Gasteiger partial charge in [-0.1, -0.05) is 0 Å². The molecule has 2 rings (SSSR count). The van der Waals surface area contributed by atoms with Gasteiger partial charge in [0.25, 0.3) is 0 Å². The van der Waals surface area contributed by atoms with E-state index in [9.17, 15) is 19.8 Å². The Balaban J connectivity index is 2.06. The van der Waals surface area contributed by atoms with Gasteiger partial charge in [0, 0.05) is 20.1 Å². The first-order valence-electron chi connectivity index (χ1n) is 6.74. The third-order valence-electron chi connectivity index (χ3n) is 3.48. The molecule has 3 N–H and O–H groups in total. The molecule has 0 radical (unpaired) electrons. The molecule has 0 aromatic heterocycles. The molecule has 2 saturated heterocycles. The van der Waals surface area contributed by atoms with E-state index in [1.54, 1.807) is 0 Å². The smallest absolute Gasteiger partial charge is 0.326 e. The van der Waals surface area contributed by atoms with Crippen LogP contribution in [0.5, 0.6) is 0 Å². The molecule has 2 aliphatic heterocycles. The van der Waals surface area contributed by atoms with Gasteiger partial charge in [0.05, 0.1) is 19.8 Å². The minimum Gasteiger partial charge on any atom is -0.394 e. The Morgan fingerprint density at radius 3 is 2.81 bits per heavy atom. The molecule has 0 aromatic rings. The van der Waals surface area contributed by atoms with Crippen LogP contribution < -0.4 is 5.32 Å². The van der Waals surface area contributed by atoms with Crippen molar-refractivity contribution in [2.45, 2.75) is 31.0 Å². The fourth-order valence-electron chi connectivity index (χ4n) is 2.39. The highest BCUT2D eigenvalue weighted by molar-refractivity contribution is 5.96. The summed E-state index contributed by atoms with van der Waals surface area (Å²) in [6.45, 7) is 0.315. The van der Waals surface area contributed by atoms with Crippen molar-refractivity contribution in [3.8, 4) is 0 Å². The summed E-state index contributed by atoms with van der Waals surface area (Å²) in [7, 11) is 1.52. The highest BCUT2D eigenvalue weighted by Gasteiger charge is 2.49. The summed E-state index contributed by atoms with van der Waals surface area (Å²) in [6.07, 6.45) is -3.43. The molecule has 9 nitrogen and oxygen atoms in total. The molecule has 3 amide bonds. The summed E-state index contributed by atoms with van der Waals surface area (Å²) in [6, 6.07) is -0.595. The summed E-state index contributed by atoms with van der Waals surface area (Å²) in [5.41, 5.74) is 0. The van der Waals surface area contributed by atoms with Crippen LogP contribution in [0, 0.1) is 0 Å². The molecule has 0 saturated carbocycles. The number of aliphatic hydroxyl groups is 2. The van der Waals surface area contributed by atoms with Gasteiger partial charge < -0.3 is 24.4 Å². The standard InChI is InChI=1S/C12H20N2O7/c1-19-4-5-20-10-9(17)7(6-15)21-11(10)14-3-2-8(16)13-12(14)18/h7,9-11,15,17H,2-6H2,1H3,(H,13,16,18). The highest BCUT2D eigenvalue weighted by atomic mass is 16.6. The quantitative estimate of drug-likeness (QED) is 0.488. The average molecular weight is 304 g/mol. The van der Waals surface area contributed by atoms with E-state index in [4.69, 9.17) is 14.2 Å². The monoisotopic (exact) mass is 304 g/mol. The van der Waals surface area contributed by atoms with Crippen molar-refractivity contribution >= 4 is 11.9 Å². The van der Waals surface area contributed by atoms with E-state index in [-0.39, 0.29) is 25.5 Å². The third-order valence-corrected chi connectivity index (χ3v) is 3.48. The number of aliphatic hydroxyl groups excluding tert-OH is 2. The van der Waals surface area contributed by atoms with Gasteiger partial charge in [-0.05, 0) is 0 Å². The second-order valence-electron chi connectivity index (χ2n) is 4.86. The molecular weight excluding hydrogens is 284 g/mol. The van der Waals surface area contributed by atoms with E-state index in [0.29, 0.717) is 6.61 Å². The number of carbonyl (C=O) groups is 2. The maximum Gasteiger partial charge on any atom is 0.326 e. The minimum absolute atomic E-state index is 0.149. The zero-order valence-electron chi connectivity index (χ0n) is 11.7. The fraction of sp³-hybridized carbons (Fsp3) is 0.833. The molecule has 4 unspecified atom stereocenters. The SMILES string of the molecule is COCCOC1C(O)C(CO)OC1N1CCC(=O)NC1=O. The molecule has 2 fully saturated rings. The van der Waals surface area contributed by atoms with Crippen LogP contribution in [0.15, 0.2) is 0 Å². The number of rotatable bonds is 6. The second-order valence-corrected chi connectivity index (χ2v) is 4.86. The lowest BCUT2D eigenvalue weighted by atomic mass is 10.1. The Morgan fingerprint density at radius 1 is 1.43 bits per heavy atom. The lowest BCUT2D eigenvalue weighted by Crippen LogP contribution is -2.57. The number of hydrogen-bond donors (Lipinski definition) is 3. The van der Waals surface area contributed by atoms with Gasteiger partial charge in [-0.3, -0.25) is 15.0 Å². The van der Waals surface area contributed by atoms with Gasteiger partial charge >= 0.3 is 6.03 Å². The number of hydrogen-bond acceptors (Lipinski definition) is 7. The topological polar surface area (TPSA) is 118 Å². The number of amides is 3. The van der Waals surface area contributed by atoms with E-state index in [0.717, 1.165) is 0 Å². The Bertz CT molecular complexity index is 392. The predicted molar refractivity (Wildman–Crippen MR) is 68.2 cm³/mol. The normalized spacial score (nSPS) is 33.4. The number of carbonyl (C=O) groups excluding carboxylic acids is 2. The zero-order valence-corrected chi connectivity index (χ0v) is 11.7. The average Bonchev–Trinajstić information content (AvgIpc) is 2.76. The molecule has 0 spiro atoms. The number of methoxy groups -OCH3 is 1. The first kappa shape index (κ1) is 16.1. The van der Waals surface area contributed by atoms with E-state index in [2.05, 4.69) is 5.32 Å². The predicted octanol–water partition coefficient (Wildman–Crippen LogP) is -1.96. The van der Waals surface area contributed by atoms with E-state index < -0.39 is 37.2 Å². The van der Waals surface area contributed by atoms with Crippen molar-refractivity contribution < 1.29 is 34.0 Å². The van der Waals surface area contributed by atoms with Crippen molar-refractivity contribution in [2.75, 3.05) is 33.5 Å². The van der Waals surface area contributed by atoms with Crippen LogP contribution in [-0.2, 0) is 19.0 Å². The summed E-state index contributed by atoms with van der Waals surface area (Å²) in [4.78, 5) is 24.3. The van der Waals surface area contributed by atoms with Crippen molar-refractivity contribution in [1.29, 1.82) is 0 Å². The number of nitrogens with one attached hydrogen (secondary N) is 1. The zero-order chi connectivity index (χ0) is 15.4. The minimum atomic E-state index is -1.07. The summed E-state index contributed by atoms with van der Waals surface area (Å²) in [5.74, 6) is -0.356. The number of urea groups is 1. The largest absolute Gasteiger partial charge is 0.394 e. The van der Waals surface area contributed by atoms with Crippen LogP contribution in [0.4, 0.5) is 4.79 Å². The third kappa shape index (κ3) is 3.50. The van der Waals surface area contributed by atoms with Gasteiger partial charge in [0.1, 0.15) is 18.3 Å². The van der Waals surface area contributed by atoms with Gasteiger partial charge in [0.2, 0.25) is 5.91 Å². The second kappa shape index (κ2) is 7.14.